The van der Waals surface area contributed by atoms with Gasteiger partial charge in [0.1, 0.15) is 0 Å². The second-order valence-electron chi connectivity index (χ2n) is 5.13. The lowest BCUT2D eigenvalue weighted by Gasteiger charge is -2.36. The molecule has 6 heteroatoms. The summed E-state index contributed by atoms with van der Waals surface area (Å²) in [5, 5.41) is 0. The molecule has 1 aromatic heterocycles. The number of hydrogen-bond acceptors (Lipinski definition) is 5. The van der Waals surface area contributed by atoms with Gasteiger partial charge in [-0.1, -0.05) is 6.92 Å². The number of nitrogens with zero attached hydrogens (tertiary/aromatic N) is 3. The molecule has 1 amide bonds. The molecule has 2 rings (SSSR count). The lowest BCUT2D eigenvalue weighted by Crippen LogP contribution is -2.45. The van der Waals surface area contributed by atoms with E-state index in [1.807, 2.05) is 11.9 Å². The van der Waals surface area contributed by atoms with Gasteiger partial charge in [-0.25, -0.2) is 10.8 Å². The SMILES string of the molecule is CCN1CCC(N(C)C(=O)c2cccnc2NN)CC1. The van der Waals surface area contributed by atoms with Crippen molar-refractivity contribution in [2.75, 3.05) is 32.1 Å². The van der Waals surface area contributed by atoms with E-state index in [2.05, 4.69) is 22.2 Å². The molecule has 0 bridgehead atoms. The summed E-state index contributed by atoms with van der Waals surface area (Å²) >= 11 is 0. The highest BCUT2D eigenvalue weighted by atomic mass is 16.2. The van der Waals surface area contributed by atoms with Crippen LogP contribution in [0.5, 0.6) is 0 Å². The Morgan fingerprint density at radius 3 is 2.85 bits per heavy atom. The van der Waals surface area contributed by atoms with Crippen molar-refractivity contribution in [1.82, 2.24) is 14.8 Å². The van der Waals surface area contributed by atoms with Gasteiger partial charge >= 0.3 is 0 Å². The number of nitrogens with one attached hydrogen (secondary N) is 1. The Morgan fingerprint density at radius 2 is 2.25 bits per heavy atom. The topological polar surface area (TPSA) is 74.5 Å². The number of anilines is 1. The van der Waals surface area contributed by atoms with Crippen molar-refractivity contribution in [3.8, 4) is 0 Å². The van der Waals surface area contributed by atoms with Crippen LogP contribution in [0.4, 0.5) is 5.82 Å². The van der Waals surface area contributed by atoms with Gasteiger partial charge in [-0.15, -0.1) is 0 Å². The van der Waals surface area contributed by atoms with E-state index < -0.39 is 0 Å². The van der Waals surface area contributed by atoms with Gasteiger partial charge in [0.05, 0.1) is 5.56 Å². The second-order valence-corrected chi connectivity index (χ2v) is 5.13. The summed E-state index contributed by atoms with van der Waals surface area (Å²) in [6, 6.07) is 3.79. The van der Waals surface area contributed by atoms with E-state index in [0.717, 1.165) is 32.5 Å². The number of nitrogens with two attached hydrogens (primary N) is 1. The van der Waals surface area contributed by atoms with Gasteiger partial charge < -0.3 is 15.2 Å². The molecule has 110 valence electrons. The number of carbonyl (C=O) groups is 1. The molecule has 2 heterocycles. The number of aromatic nitrogens is 1. The van der Waals surface area contributed by atoms with Crippen molar-refractivity contribution < 1.29 is 4.79 Å². The molecule has 0 aromatic carbocycles. The second kappa shape index (κ2) is 6.67. The van der Waals surface area contributed by atoms with E-state index in [0.29, 0.717) is 11.4 Å². The zero-order valence-electron chi connectivity index (χ0n) is 12.2. The van der Waals surface area contributed by atoms with Crippen molar-refractivity contribution in [3.63, 3.8) is 0 Å². The monoisotopic (exact) mass is 277 g/mol. The summed E-state index contributed by atoms with van der Waals surface area (Å²) < 4.78 is 0. The third kappa shape index (κ3) is 3.08. The van der Waals surface area contributed by atoms with Crippen LogP contribution in [0.15, 0.2) is 18.3 Å². The first kappa shape index (κ1) is 14.7. The predicted octanol–water partition coefficient (Wildman–Crippen LogP) is 0.924. The fourth-order valence-electron chi connectivity index (χ4n) is 2.67. The Labute approximate surface area is 119 Å². The van der Waals surface area contributed by atoms with Gasteiger partial charge in [0.25, 0.3) is 5.91 Å². The first-order valence-corrected chi connectivity index (χ1v) is 7.08. The number of hydrogen-bond donors (Lipinski definition) is 2. The zero-order valence-corrected chi connectivity index (χ0v) is 12.2. The van der Waals surface area contributed by atoms with Crippen LogP contribution in [0.2, 0.25) is 0 Å². The number of pyridine rings is 1. The van der Waals surface area contributed by atoms with Crippen LogP contribution >= 0.6 is 0 Å². The van der Waals surface area contributed by atoms with Crippen LogP contribution in [0, 0.1) is 0 Å². The third-order valence-corrected chi connectivity index (χ3v) is 4.05. The van der Waals surface area contributed by atoms with E-state index in [1.54, 1.807) is 18.3 Å². The molecule has 0 atom stereocenters. The number of piperidine rings is 1. The molecule has 1 aliphatic rings. The minimum Gasteiger partial charge on any atom is -0.339 e. The zero-order chi connectivity index (χ0) is 14.5. The Kier molecular flexibility index (Phi) is 4.92. The van der Waals surface area contributed by atoms with Gasteiger partial charge in [0, 0.05) is 32.4 Å². The normalized spacial score (nSPS) is 16.9. The van der Waals surface area contributed by atoms with E-state index in [9.17, 15) is 4.79 Å². The molecule has 20 heavy (non-hydrogen) atoms. The molecule has 0 aliphatic carbocycles. The Hall–Kier alpha value is -1.66. The number of carbonyl (C=O) groups excluding carboxylic acids is 1. The summed E-state index contributed by atoms with van der Waals surface area (Å²) in [7, 11) is 1.86. The van der Waals surface area contributed by atoms with Crippen molar-refractivity contribution in [3.05, 3.63) is 23.9 Å². The number of hydrazine groups is 1. The van der Waals surface area contributed by atoms with Gasteiger partial charge in [0.2, 0.25) is 0 Å². The molecular weight excluding hydrogens is 254 g/mol. The first-order valence-electron chi connectivity index (χ1n) is 7.08. The molecule has 0 radical (unpaired) electrons. The molecule has 0 spiro atoms. The van der Waals surface area contributed by atoms with Crippen molar-refractivity contribution in [1.29, 1.82) is 0 Å². The quantitative estimate of drug-likeness (QED) is 0.632. The summed E-state index contributed by atoms with van der Waals surface area (Å²) in [4.78, 5) is 20.9. The van der Waals surface area contributed by atoms with Gasteiger partial charge in [-0.3, -0.25) is 4.79 Å². The Balaban J connectivity index is 2.05. The van der Waals surface area contributed by atoms with Crippen LogP contribution in [0.25, 0.3) is 0 Å². The molecule has 6 nitrogen and oxygen atoms in total. The first-order chi connectivity index (χ1) is 9.67. The minimum atomic E-state index is -0.0269. The third-order valence-electron chi connectivity index (χ3n) is 4.05. The maximum Gasteiger partial charge on any atom is 0.257 e. The minimum absolute atomic E-state index is 0.0269. The van der Waals surface area contributed by atoms with E-state index >= 15 is 0 Å². The smallest absolute Gasteiger partial charge is 0.257 e. The number of amides is 1. The largest absolute Gasteiger partial charge is 0.339 e. The Bertz CT molecular complexity index is 457. The molecule has 0 unspecified atom stereocenters. The molecule has 1 saturated heterocycles. The van der Waals surface area contributed by atoms with Gasteiger partial charge in [-0.05, 0) is 31.5 Å². The van der Waals surface area contributed by atoms with Gasteiger partial charge in [0.15, 0.2) is 5.82 Å². The van der Waals surface area contributed by atoms with E-state index in [-0.39, 0.29) is 11.9 Å². The summed E-state index contributed by atoms with van der Waals surface area (Å²) in [5.41, 5.74) is 3.01. The standard InChI is InChI=1S/C14H23N5O/c1-3-19-9-6-11(7-10-19)18(2)14(20)12-5-4-8-16-13(12)17-15/h4-5,8,11H,3,6-7,9-10,15H2,1-2H3,(H,16,17). The number of rotatable bonds is 4. The molecule has 1 aromatic rings. The maximum atomic E-state index is 12.6. The summed E-state index contributed by atoms with van der Waals surface area (Å²) in [6.45, 7) is 5.35. The van der Waals surface area contributed by atoms with Crippen LogP contribution in [-0.2, 0) is 0 Å². The fraction of sp³-hybridized carbons (Fsp3) is 0.571. The van der Waals surface area contributed by atoms with E-state index in [1.165, 1.54) is 0 Å². The Morgan fingerprint density at radius 1 is 1.55 bits per heavy atom. The summed E-state index contributed by atoms with van der Waals surface area (Å²) in [5.74, 6) is 5.81. The van der Waals surface area contributed by atoms with Crippen molar-refractivity contribution in [2.45, 2.75) is 25.8 Å². The van der Waals surface area contributed by atoms with Gasteiger partial charge in [-0.2, -0.15) is 0 Å². The molecule has 3 N–H and O–H groups in total. The predicted molar refractivity (Wildman–Crippen MR) is 79.3 cm³/mol. The maximum absolute atomic E-state index is 12.6. The molecule has 1 fully saturated rings. The van der Waals surface area contributed by atoms with Crippen LogP contribution in [-0.4, -0.2) is 53.4 Å². The molecule has 1 aliphatic heterocycles. The highest BCUT2D eigenvalue weighted by Gasteiger charge is 2.26. The average Bonchev–Trinajstić information content (AvgIpc) is 2.53. The summed E-state index contributed by atoms with van der Waals surface area (Å²) in [6.07, 6.45) is 3.65. The average molecular weight is 277 g/mol. The van der Waals surface area contributed by atoms with Crippen LogP contribution < -0.4 is 11.3 Å². The van der Waals surface area contributed by atoms with Crippen LogP contribution in [0.3, 0.4) is 0 Å². The van der Waals surface area contributed by atoms with E-state index in [4.69, 9.17) is 5.84 Å². The number of likely N-dealkylation sites (tertiary alicyclic amines) is 1. The molecule has 0 saturated carbocycles. The number of nitrogen functional groups attached to an aromatic ring is 1. The fourth-order valence-corrected chi connectivity index (χ4v) is 2.67. The van der Waals surface area contributed by atoms with Crippen molar-refractivity contribution in [2.24, 2.45) is 5.84 Å². The molecular formula is C14H23N5O. The lowest BCUT2D eigenvalue weighted by atomic mass is 10.0. The lowest BCUT2D eigenvalue weighted by molar-refractivity contribution is 0.0647. The highest BCUT2D eigenvalue weighted by molar-refractivity contribution is 5.98. The van der Waals surface area contributed by atoms with Crippen molar-refractivity contribution >= 4 is 11.7 Å². The van der Waals surface area contributed by atoms with Crippen LogP contribution in [0.1, 0.15) is 30.1 Å². The highest BCUT2D eigenvalue weighted by Crippen LogP contribution is 2.19.